The number of aromatic nitrogens is 2. The van der Waals surface area contributed by atoms with Gasteiger partial charge in [-0.05, 0) is 19.1 Å². The Hall–Kier alpha value is -3.76. The predicted molar refractivity (Wildman–Crippen MR) is 96.3 cm³/mol. The molecule has 2 aliphatic rings. The van der Waals surface area contributed by atoms with Gasteiger partial charge in [0.05, 0.1) is 5.69 Å². The van der Waals surface area contributed by atoms with Gasteiger partial charge in [0.2, 0.25) is 0 Å². The molecule has 4 rings (SSSR count). The van der Waals surface area contributed by atoms with Crippen LogP contribution in [-0.2, 0) is 4.79 Å². The Morgan fingerprint density at radius 3 is 2.64 bits per heavy atom. The van der Waals surface area contributed by atoms with Crippen LogP contribution in [0.25, 0.3) is 0 Å². The zero-order valence-corrected chi connectivity index (χ0v) is 14.7. The van der Waals surface area contributed by atoms with Gasteiger partial charge in [0.15, 0.2) is 0 Å². The van der Waals surface area contributed by atoms with Gasteiger partial charge in [-0.25, -0.2) is 8.78 Å². The number of hydrogen-bond donors (Lipinski definition) is 1. The number of carbonyl (C=O) groups excluding carboxylic acids is 2. The smallest absolute Gasteiger partial charge is 0.265 e. The minimum Gasteiger partial charge on any atom is -0.306 e. The molecule has 0 saturated carbocycles. The topological polar surface area (TPSA) is 104 Å². The van der Waals surface area contributed by atoms with E-state index in [0.29, 0.717) is 11.5 Å². The molecule has 0 bridgehead atoms. The van der Waals surface area contributed by atoms with Crippen molar-refractivity contribution in [2.45, 2.75) is 6.92 Å². The number of rotatable bonds is 2. The van der Waals surface area contributed by atoms with Crippen LogP contribution in [0.4, 0.5) is 14.6 Å². The van der Waals surface area contributed by atoms with E-state index in [9.17, 15) is 18.4 Å². The van der Waals surface area contributed by atoms with Gasteiger partial charge in [-0.3, -0.25) is 14.6 Å². The third-order valence-corrected chi connectivity index (χ3v) is 4.14. The molecule has 1 aromatic heterocycles. The van der Waals surface area contributed by atoms with Gasteiger partial charge in [0, 0.05) is 19.3 Å². The maximum absolute atomic E-state index is 13.9. The number of carbonyl (C=O) groups is 2. The van der Waals surface area contributed by atoms with E-state index in [1.54, 1.807) is 14.0 Å². The Kier molecular flexibility index (Phi) is 4.06. The fourth-order valence-corrected chi connectivity index (χ4v) is 2.83. The van der Waals surface area contributed by atoms with Gasteiger partial charge in [0.25, 0.3) is 17.8 Å². The number of nitrogens with zero attached hydrogens (tertiary/aromatic N) is 6. The number of halogens is 2. The maximum Gasteiger partial charge on any atom is 0.265 e. The number of amides is 2. The first kappa shape index (κ1) is 17.6. The second-order valence-electron chi connectivity index (χ2n) is 6.12. The number of nitrogens with one attached hydrogen (secondary N) is 1. The standard InChI is InChI=1S/C17H13F2N7O2/c1-8-6-12(21-16(28)13-10(18)4-3-5-11(13)19)26(24-8)17-22-14-9(15(27)23-17)7-20-25(14)2/h3-7,9H,1-2H3,(H,21,28). The highest BCUT2D eigenvalue weighted by Crippen LogP contribution is 2.20. The van der Waals surface area contributed by atoms with Crippen LogP contribution < -0.4 is 5.32 Å². The molecule has 142 valence electrons. The minimum atomic E-state index is -1.01. The summed E-state index contributed by atoms with van der Waals surface area (Å²) in [5.41, 5.74) is -0.261. The Morgan fingerprint density at radius 2 is 1.93 bits per heavy atom. The number of benzene rings is 1. The van der Waals surface area contributed by atoms with Gasteiger partial charge >= 0.3 is 0 Å². The monoisotopic (exact) mass is 385 g/mol. The number of fused-ring (bicyclic) bond motifs is 1. The molecule has 11 heteroatoms. The van der Waals surface area contributed by atoms with Crippen LogP contribution in [0.3, 0.4) is 0 Å². The largest absolute Gasteiger partial charge is 0.306 e. The van der Waals surface area contributed by atoms with Crippen LogP contribution in [0.15, 0.2) is 39.4 Å². The molecule has 2 aromatic rings. The predicted octanol–water partition coefficient (Wildman–Crippen LogP) is 1.41. The first-order valence-electron chi connectivity index (χ1n) is 8.16. The number of hydrazone groups is 1. The first-order valence-corrected chi connectivity index (χ1v) is 8.16. The fraction of sp³-hybridized carbons (Fsp3) is 0.176. The van der Waals surface area contributed by atoms with Gasteiger partial charge in [-0.1, -0.05) is 6.07 Å². The summed E-state index contributed by atoms with van der Waals surface area (Å²) < 4.78 is 28.9. The lowest BCUT2D eigenvalue weighted by Crippen LogP contribution is -2.35. The van der Waals surface area contributed by atoms with E-state index in [-0.39, 0.29) is 11.8 Å². The van der Waals surface area contributed by atoms with Gasteiger partial charge in [0.1, 0.15) is 34.8 Å². The van der Waals surface area contributed by atoms with Crippen molar-refractivity contribution in [3.63, 3.8) is 0 Å². The first-order chi connectivity index (χ1) is 13.3. The van der Waals surface area contributed by atoms with Crippen molar-refractivity contribution < 1.29 is 18.4 Å². The summed E-state index contributed by atoms with van der Waals surface area (Å²) in [6, 6.07) is 4.58. The number of hydrogen-bond acceptors (Lipinski definition) is 6. The Labute approximate surface area is 157 Å². The zero-order valence-electron chi connectivity index (χ0n) is 14.7. The lowest BCUT2D eigenvalue weighted by Gasteiger charge is -2.17. The third kappa shape index (κ3) is 2.86. The SMILES string of the molecule is Cc1cc(NC(=O)c2c(F)cccc2F)n(C2=NC(=O)C3C=NN(C)C3=N2)n1. The Morgan fingerprint density at radius 1 is 1.21 bits per heavy atom. The molecule has 3 heterocycles. The van der Waals surface area contributed by atoms with E-state index in [4.69, 9.17) is 0 Å². The molecule has 0 radical (unpaired) electrons. The maximum atomic E-state index is 13.9. The quantitative estimate of drug-likeness (QED) is 0.844. The normalized spacial score (nSPS) is 18.1. The van der Waals surface area contributed by atoms with Crippen molar-refractivity contribution >= 4 is 35.6 Å². The van der Waals surface area contributed by atoms with E-state index in [2.05, 4.69) is 25.5 Å². The second-order valence-corrected chi connectivity index (χ2v) is 6.12. The summed E-state index contributed by atoms with van der Waals surface area (Å²) in [4.78, 5) is 32.8. The van der Waals surface area contributed by atoms with Gasteiger partial charge in [-0.15, -0.1) is 0 Å². The van der Waals surface area contributed by atoms with E-state index >= 15 is 0 Å². The van der Waals surface area contributed by atoms with E-state index in [1.807, 2.05) is 0 Å². The second kappa shape index (κ2) is 6.44. The number of amidine groups is 1. The summed E-state index contributed by atoms with van der Waals surface area (Å²) in [7, 11) is 1.63. The van der Waals surface area contributed by atoms with Crippen molar-refractivity contribution in [1.29, 1.82) is 0 Å². The van der Waals surface area contributed by atoms with Crippen molar-refractivity contribution in [2.24, 2.45) is 21.0 Å². The van der Waals surface area contributed by atoms with Crippen molar-refractivity contribution in [3.8, 4) is 0 Å². The third-order valence-electron chi connectivity index (χ3n) is 4.14. The van der Waals surface area contributed by atoms with Crippen LogP contribution in [0.1, 0.15) is 16.1 Å². The minimum absolute atomic E-state index is 0.0565. The van der Waals surface area contributed by atoms with Crippen molar-refractivity contribution in [1.82, 2.24) is 14.8 Å². The summed E-state index contributed by atoms with van der Waals surface area (Å²) in [6.07, 6.45) is 1.43. The number of aliphatic imine (C=N–C) groups is 2. The lowest BCUT2D eigenvalue weighted by molar-refractivity contribution is -0.118. The molecule has 2 amide bonds. The Balaban J connectivity index is 1.70. The molecule has 0 fully saturated rings. The van der Waals surface area contributed by atoms with E-state index < -0.39 is 34.9 Å². The van der Waals surface area contributed by atoms with Gasteiger partial charge < -0.3 is 5.32 Å². The molecule has 1 unspecified atom stereocenters. The summed E-state index contributed by atoms with van der Waals surface area (Å²) >= 11 is 0. The molecule has 2 aliphatic heterocycles. The molecular weight excluding hydrogens is 372 g/mol. The van der Waals surface area contributed by atoms with E-state index in [1.165, 1.54) is 17.3 Å². The molecule has 1 atom stereocenters. The van der Waals surface area contributed by atoms with E-state index in [0.717, 1.165) is 22.9 Å². The molecule has 0 saturated heterocycles. The average molecular weight is 385 g/mol. The molecule has 28 heavy (non-hydrogen) atoms. The van der Waals surface area contributed by atoms with Gasteiger partial charge in [-0.2, -0.15) is 24.9 Å². The number of aryl methyl sites for hydroxylation is 1. The highest BCUT2D eigenvalue weighted by atomic mass is 19.1. The highest BCUT2D eigenvalue weighted by molar-refractivity contribution is 6.24. The van der Waals surface area contributed by atoms with Crippen LogP contribution in [0.2, 0.25) is 0 Å². The summed E-state index contributed by atoms with van der Waals surface area (Å²) in [5, 5.41) is 12.0. The summed E-state index contributed by atoms with van der Waals surface area (Å²) in [6.45, 7) is 1.64. The molecule has 9 nitrogen and oxygen atoms in total. The molecule has 1 aromatic carbocycles. The lowest BCUT2D eigenvalue weighted by atomic mass is 10.1. The molecule has 0 spiro atoms. The zero-order chi connectivity index (χ0) is 20.0. The van der Waals surface area contributed by atoms with Crippen LogP contribution >= 0.6 is 0 Å². The fourth-order valence-electron chi connectivity index (χ4n) is 2.83. The molecular formula is C17H13F2N7O2. The summed E-state index contributed by atoms with van der Waals surface area (Å²) in [5.74, 6) is -3.84. The molecule has 0 aliphatic carbocycles. The molecule has 1 N–H and O–H groups in total. The van der Waals surface area contributed by atoms with Crippen molar-refractivity contribution in [2.75, 3.05) is 12.4 Å². The average Bonchev–Trinajstić information content (AvgIpc) is 3.18. The van der Waals surface area contributed by atoms with Crippen molar-refractivity contribution in [3.05, 3.63) is 47.2 Å². The highest BCUT2D eigenvalue weighted by Gasteiger charge is 2.35. The van der Waals surface area contributed by atoms with Crippen LogP contribution in [0, 0.1) is 24.5 Å². The number of anilines is 1. The van der Waals surface area contributed by atoms with Crippen LogP contribution in [-0.4, -0.2) is 51.7 Å². The van der Waals surface area contributed by atoms with Crippen LogP contribution in [0.5, 0.6) is 0 Å². The Bertz CT molecular complexity index is 1080.